The highest BCUT2D eigenvalue weighted by molar-refractivity contribution is 7.92. The lowest BCUT2D eigenvalue weighted by atomic mass is 10.3. The van der Waals surface area contributed by atoms with Gasteiger partial charge in [0.05, 0.1) is 4.90 Å². The normalized spacial score (nSPS) is 10.8. The van der Waals surface area contributed by atoms with E-state index in [1.165, 1.54) is 36.4 Å². The predicted molar refractivity (Wildman–Crippen MR) is 74.0 cm³/mol. The number of anilines is 2. The average molecular weight is 313 g/mol. The van der Waals surface area contributed by atoms with E-state index in [1.807, 2.05) is 0 Å². The first kappa shape index (κ1) is 14.2. The Labute approximate surface area is 120 Å². The van der Waals surface area contributed by atoms with Gasteiger partial charge in [-0.05, 0) is 36.4 Å². The van der Waals surface area contributed by atoms with Gasteiger partial charge in [0.25, 0.3) is 10.0 Å². The van der Waals surface area contributed by atoms with Gasteiger partial charge in [-0.1, -0.05) is 11.6 Å². The number of halogens is 1. The molecule has 1 aromatic carbocycles. The van der Waals surface area contributed by atoms with Crippen LogP contribution < -0.4 is 10.0 Å². The van der Waals surface area contributed by atoms with Gasteiger partial charge in [0, 0.05) is 5.69 Å². The lowest BCUT2D eigenvalue weighted by molar-refractivity contribution is -0.105. The lowest BCUT2D eigenvalue weighted by Gasteiger charge is -2.07. The zero-order chi connectivity index (χ0) is 14.6. The molecular formula is C11H9ClN4O3S. The molecule has 1 aromatic heterocycles. The first-order valence-corrected chi connectivity index (χ1v) is 7.20. The molecule has 0 atom stereocenters. The fraction of sp³-hybridized carbons (Fsp3) is 0. The van der Waals surface area contributed by atoms with Gasteiger partial charge in [0.2, 0.25) is 6.41 Å². The van der Waals surface area contributed by atoms with Crippen molar-refractivity contribution in [2.45, 2.75) is 4.90 Å². The minimum Gasteiger partial charge on any atom is -0.329 e. The molecule has 0 fully saturated rings. The van der Waals surface area contributed by atoms with E-state index in [0.717, 1.165) is 0 Å². The highest BCUT2D eigenvalue weighted by Crippen LogP contribution is 2.17. The van der Waals surface area contributed by atoms with Gasteiger partial charge in [-0.2, -0.15) is 0 Å². The van der Waals surface area contributed by atoms with E-state index in [0.29, 0.717) is 12.1 Å². The minimum atomic E-state index is -3.77. The van der Waals surface area contributed by atoms with Crippen molar-refractivity contribution < 1.29 is 13.2 Å². The van der Waals surface area contributed by atoms with E-state index in [1.54, 1.807) is 0 Å². The summed E-state index contributed by atoms with van der Waals surface area (Å²) in [6.07, 6.45) is 0.505. The van der Waals surface area contributed by atoms with Crippen molar-refractivity contribution in [2.24, 2.45) is 0 Å². The van der Waals surface area contributed by atoms with Crippen molar-refractivity contribution >= 4 is 39.5 Å². The Bertz CT molecular complexity index is 701. The Morgan fingerprint density at radius 3 is 2.30 bits per heavy atom. The maximum Gasteiger partial charge on any atom is 0.263 e. The molecule has 20 heavy (non-hydrogen) atoms. The Kier molecular flexibility index (Phi) is 4.16. The number of hydrogen-bond donors (Lipinski definition) is 2. The monoisotopic (exact) mass is 312 g/mol. The van der Waals surface area contributed by atoms with Crippen LogP contribution in [0.5, 0.6) is 0 Å². The van der Waals surface area contributed by atoms with Crippen LogP contribution in [0.3, 0.4) is 0 Å². The van der Waals surface area contributed by atoms with Crippen molar-refractivity contribution in [2.75, 3.05) is 10.0 Å². The third-order valence-corrected chi connectivity index (χ3v) is 3.83. The van der Waals surface area contributed by atoms with E-state index < -0.39 is 10.0 Å². The quantitative estimate of drug-likeness (QED) is 0.815. The number of rotatable bonds is 5. The molecule has 0 saturated heterocycles. The van der Waals surface area contributed by atoms with Gasteiger partial charge in [-0.3, -0.25) is 9.52 Å². The Hall–Kier alpha value is -2.19. The van der Waals surface area contributed by atoms with Gasteiger partial charge >= 0.3 is 0 Å². The van der Waals surface area contributed by atoms with Crippen LogP contribution in [0.2, 0.25) is 5.15 Å². The van der Waals surface area contributed by atoms with Crippen LogP contribution in [0.4, 0.5) is 11.5 Å². The van der Waals surface area contributed by atoms with Crippen molar-refractivity contribution in [3.05, 3.63) is 41.6 Å². The second kappa shape index (κ2) is 5.85. The first-order chi connectivity index (χ1) is 9.51. The fourth-order valence-electron chi connectivity index (χ4n) is 1.37. The number of carbonyl (C=O) groups excluding carboxylic acids is 1. The second-order valence-corrected chi connectivity index (χ2v) is 5.70. The number of nitrogens with zero attached hydrogens (tertiary/aromatic N) is 2. The van der Waals surface area contributed by atoms with Crippen molar-refractivity contribution in [1.29, 1.82) is 0 Å². The molecule has 0 unspecified atom stereocenters. The first-order valence-electron chi connectivity index (χ1n) is 5.33. The van der Waals surface area contributed by atoms with Crippen molar-refractivity contribution in [1.82, 2.24) is 10.2 Å². The molecule has 0 aliphatic heterocycles. The number of nitrogens with one attached hydrogen (secondary N) is 2. The molecule has 2 rings (SSSR count). The standard InChI is InChI=1S/C11H9ClN4O3S/c12-10-5-6-11(15-14-10)16-20(18,19)9-3-1-8(2-4-9)13-7-17/h1-7H,(H,13,17)(H,15,16). The highest BCUT2D eigenvalue weighted by Gasteiger charge is 2.14. The Balaban J connectivity index is 2.21. The minimum absolute atomic E-state index is 0.0331. The molecule has 2 N–H and O–H groups in total. The molecule has 1 amide bonds. The molecule has 0 saturated carbocycles. The predicted octanol–water partition coefficient (Wildman–Crippen LogP) is 1.50. The number of hydrogen-bond acceptors (Lipinski definition) is 5. The number of benzene rings is 1. The summed E-state index contributed by atoms with van der Waals surface area (Å²) < 4.78 is 26.4. The van der Waals surface area contributed by atoms with Crippen LogP contribution in [0.1, 0.15) is 0 Å². The summed E-state index contributed by atoms with van der Waals surface area (Å²) in [5, 5.41) is 9.71. The molecule has 7 nitrogen and oxygen atoms in total. The molecule has 0 aliphatic carbocycles. The number of amides is 1. The maximum atomic E-state index is 12.1. The molecule has 9 heteroatoms. The van der Waals surface area contributed by atoms with Gasteiger partial charge in [0.1, 0.15) is 0 Å². The molecule has 1 heterocycles. The van der Waals surface area contributed by atoms with Crippen LogP contribution >= 0.6 is 11.6 Å². The molecule has 0 radical (unpaired) electrons. The van der Waals surface area contributed by atoms with E-state index in [9.17, 15) is 13.2 Å². The van der Waals surface area contributed by atoms with Crippen molar-refractivity contribution in [3.63, 3.8) is 0 Å². The Morgan fingerprint density at radius 1 is 1.05 bits per heavy atom. The Morgan fingerprint density at radius 2 is 1.75 bits per heavy atom. The van der Waals surface area contributed by atoms with E-state index in [-0.39, 0.29) is 15.9 Å². The topological polar surface area (TPSA) is 101 Å². The van der Waals surface area contributed by atoms with Gasteiger partial charge in [0.15, 0.2) is 11.0 Å². The smallest absolute Gasteiger partial charge is 0.263 e. The van der Waals surface area contributed by atoms with Crippen LogP contribution in [0.25, 0.3) is 0 Å². The molecule has 2 aromatic rings. The number of sulfonamides is 1. The molecule has 104 valence electrons. The zero-order valence-electron chi connectivity index (χ0n) is 9.95. The lowest BCUT2D eigenvalue weighted by Crippen LogP contribution is -2.14. The number of carbonyl (C=O) groups is 1. The fourth-order valence-corrected chi connectivity index (χ4v) is 2.46. The number of aromatic nitrogens is 2. The summed E-state index contributed by atoms with van der Waals surface area (Å²) in [6, 6.07) is 8.47. The van der Waals surface area contributed by atoms with Crippen LogP contribution in [0.15, 0.2) is 41.3 Å². The largest absolute Gasteiger partial charge is 0.329 e. The molecular weight excluding hydrogens is 304 g/mol. The summed E-state index contributed by atoms with van der Waals surface area (Å²) in [6.45, 7) is 0. The van der Waals surface area contributed by atoms with Crippen LogP contribution in [0, 0.1) is 0 Å². The summed E-state index contributed by atoms with van der Waals surface area (Å²) in [5.41, 5.74) is 0.491. The third kappa shape index (κ3) is 3.43. The zero-order valence-corrected chi connectivity index (χ0v) is 11.5. The van der Waals surface area contributed by atoms with Gasteiger partial charge < -0.3 is 5.32 Å². The van der Waals surface area contributed by atoms with Crippen LogP contribution in [-0.2, 0) is 14.8 Å². The van der Waals surface area contributed by atoms with E-state index >= 15 is 0 Å². The second-order valence-electron chi connectivity index (χ2n) is 3.63. The average Bonchev–Trinajstić information content (AvgIpc) is 2.42. The van der Waals surface area contributed by atoms with Crippen LogP contribution in [-0.4, -0.2) is 25.0 Å². The molecule has 0 aliphatic rings. The molecule has 0 bridgehead atoms. The van der Waals surface area contributed by atoms with E-state index in [2.05, 4.69) is 20.2 Å². The third-order valence-electron chi connectivity index (χ3n) is 2.26. The summed E-state index contributed by atoms with van der Waals surface area (Å²) in [7, 11) is -3.77. The summed E-state index contributed by atoms with van der Waals surface area (Å²) in [5.74, 6) is 0.0597. The summed E-state index contributed by atoms with van der Waals surface area (Å²) >= 11 is 5.56. The summed E-state index contributed by atoms with van der Waals surface area (Å²) in [4.78, 5) is 10.3. The van der Waals surface area contributed by atoms with Gasteiger partial charge in [-0.25, -0.2) is 8.42 Å². The highest BCUT2D eigenvalue weighted by atomic mass is 35.5. The molecule has 0 spiro atoms. The SMILES string of the molecule is O=CNc1ccc(S(=O)(=O)Nc2ccc(Cl)nn2)cc1. The van der Waals surface area contributed by atoms with E-state index in [4.69, 9.17) is 11.6 Å². The van der Waals surface area contributed by atoms with Gasteiger partial charge in [-0.15, -0.1) is 10.2 Å². The maximum absolute atomic E-state index is 12.1. The van der Waals surface area contributed by atoms with Crippen molar-refractivity contribution in [3.8, 4) is 0 Å².